The van der Waals surface area contributed by atoms with Crippen LogP contribution in [0, 0.1) is 0 Å². The summed E-state index contributed by atoms with van der Waals surface area (Å²) in [6.45, 7) is 19.7. The minimum absolute atomic E-state index is 0.368. The number of nitrogens with zero attached hydrogens (tertiary/aromatic N) is 2. The number of aryl methyl sites for hydroxylation is 2. The molecular formula is C28H56N4O4. The van der Waals surface area contributed by atoms with Gasteiger partial charge < -0.3 is 25.4 Å². The summed E-state index contributed by atoms with van der Waals surface area (Å²) >= 11 is 0. The van der Waals surface area contributed by atoms with Crippen molar-refractivity contribution in [3.05, 3.63) is 23.4 Å². The number of aliphatic carboxylic acids is 1. The standard InChI is InChI=1S/C22H38N4O4.3C2H6/c1-4-15-30-16-14-26(13-11-20(22(28)29)24-17-27)12-7-6-8-19-10-9-18(5-2)21(23-3)25-19;3*1-2/h9-10,17,20H,4-8,11-16H2,1-3H3,(H,23,25)(H,24,27)(H,28,29);3*1-2H3. The number of carbonyl (C=O) groups excluding carboxylic acids is 1. The molecule has 1 atom stereocenters. The summed E-state index contributed by atoms with van der Waals surface area (Å²) in [5.41, 5.74) is 2.30. The molecule has 8 heteroatoms. The van der Waals surface area contributed by atoms with Gasteiger partial charge in [0, 0.05) is 32.4 Å². The van der Waals surface area contributed by atoms with E-state index in [2.05, 4.69) is 41.5 Å². The van der Waals surface area contributed by atoms with Crippen LogP contribution in [0.4, 0.5) is 5.82 Å². The topological polar surface area (TPSA) is 104 Å². The Morgan fingerprint density at radius 1 is 1.06 bits per heavy atom. The smallest absolute Gasteiger partial charge is 0.326 e. The first-order valence-electron chi connectivity index (χ1n) is 13.9. The molecule has 1 rings (SSSR count). The number of unbranched alkanes of at least 4 members (excludes halogenated alkanes) is 1. The van der Waals surface area contributed by atoms with Crippen LogP contribution in [0.25, 0.3) is 0 Å². The maximum absolute atomic E-state index is 11.2. The van der Waals surface area contributed by atoms with Crippen molar-refractivity contribution < 1.29 is 19.4 Å². The summed E-state index contributed by atoms with van der Waals surface area (Å²) in [6, 6.07) is 3.37. The van der Waals surface area contributed by atoms with E-state index in [-0.39, 0.29) is 0 Å². The van der Waals surface area contributed by atoms with Gasteiger partial charge in [0.1, 0.15) is 11.9 Å². The fourth-order valence-electron chi connectivity index (χ4n) is 3.26. The molecule has 0 aliphatic carbocycles. The van der Waals surface area contributed by atoms with Crippen molar-refractivity contribution in [3.8, 4) is 0 Å². The molecule has 0 radical (unpaired) electrons. The van der Waals surface area contributed by atoms with Gasteiger partial charge in [-0.3, -0.25) is 4.79 Å². The second-order valence-corrected chi connectivity index (χ2v) is 7.29. The lowest BCUT2D eigenvalue weighted by molar-refractivity contribution is -0.140. The van der Waals surface area contributed by atoms with E-state index >= 15 is 0 Å². The van der Waals surface area contributed by atoms with E-state index in [1.54, 1.807) is 0 Å². The van der Waals surface area contributed by atoms with Gasteiger partial charge in [0.15, 0.2) is 0 Å². The van der Waals surface area contributed by atoms with E-state index in [1.807, 2.05) is 48.6 Å². The van der Waals surface area contributed by atoms with Crippen LogP contribution in [0.1, 0.15) is 92.3 Å². The Bertz CT molecular complexity index is 630. The van der Waals surface area contributed by atoms with Gasteiger partial charge in [0.05, 0.1) is 6.61 Å². The van der Waals surface area contributed by atoms with E-state index in [0.717, 1.165) is 63.3 Å². The highest BCUT2D eigenvalue weighted by molar-refractivity contribution is 5.76. The molecule has 0 fully saturated rings. The minimum Gasteiger partial charge on any atom is -0.480 e. The van der Waals surface area contributed by atoms with Gasteiger partial charge in [0.2, 0.25) is 6.41 Å². The van der Waals surface area contributed by atoms with Gasteiger partial charge in [-0.25, -0.2) is 9.78 Å². The first-order valence-corrected chi connectivity index (χ1v) is 13.9. The number of carboxylic acid groups (broad SMARTS) is 1. The summed E-state index contributed by atoms with van der Waals surface area (Å²) in [6.07, 6.45) is 5.64. The second kappa shape index (κ2) is 29.0. The quantitative estimate of drug-likeness (QED) is 0.179. The van der Waals surface area contributed by atoms with E-state index < -0.39 is 12.0 Å². The lowest BCUT2D eigenvalue weighted by atomic mass is 10.1. The number of nitrogens with one attached hydrogen (secondary N) is 2. The third-order valence-corrected chi connectivity index (χ3v) is 5.01. The fourth-order valence-corrected chi connectivity index (χ4v) is 3.26. The number of hydrogen-bond donors (Lipinski definition) is 3. The van der Waals surface area contributed by atoms with Gasteiger partial charge in [-0.1, -0.05) is 61.5 Å². The maximum Gasteiger partial charge on any atom is 0.326 e. The second-order valence-electron chi connectivity index (χ2n) is 7.29. The zero-order chi connectivity index (χ0) is 28.2. The lowest BCUT2D eigenvalue weighted by Gasteiger charge is -2.24. The monoisotopic (exact) mass is 512 g/mol. The van der Waals surface area contributed by atoms with Gasteiger partial charge in [-0.05, 0) is 56.7 Å². The zero-order valence-corrected chi connectivity index (χ0v) is 24.7. The number of carbonyl (C=O) groups is 2. The highest BCUT2D eigenvalue weighted by Crippen LogP contribution is 2.15. The summed E-state index contributed by atoms with van der Waals surface area (Å²) in [4.78, 5) is 28.8. The van der Waals surface area contributed by atoms with Crippen LogP contribution in [0.2, 0.25) is 0 Å². The van der Waals surface area contributed by atoms with Crippen molar-refractivity contribution in [3.63, 3.8) is 0 Å². The summed E-state index contributed by atoms with van der Waals surface area (Å²) in [5, 5.41) is 14.7. The Hall–Kier alpha value is -2.19. The average molecular weight is 513 g/mol. The summed E-state index contributed by atoms with van der Waals surface area (Å²) < 4.78 is 5.59. The van der Waals surface area contributed by atoms with Crippen LogP contribution in [0.5, 0.6) is 0 Å². The third kappa shape index (κ3) is 19.1. The van der Waals surface area contributed by atoms with E-state index in [1.165, 1.54) is 5.56 Å². The highest BCUT2D eigenvalue weighted by atomic mass is 16.5. The molecular weight excluding hydrogens is 456 g/mol. The Labute approximate surface area is 221 Å². The molecule has 0 aromatic carbocycles. The molecule has 0 bridgehead atoms. The molecule has 212 valence electrons. The van der Waals surface area contributed by atoms with Gasteiger partial charge in [0.25, 0.3) is 0 Å². The molecule has 0 saturated carbocycles. The Balaban J connectivity index is -0.00000168. The van der Waals surface area contributed by atoms with Gasteiger partial charge in [-0.15, -0.1) is 0 Å². The van der Waals surface area contributed by atoms with Crippen LogP contribution >= 0.6 is 0 Å². The largest absolute Gasteiger partial charge is 0.480 e. The molecule has 0 saturated heterocycles. The Morgan fingerprint density at radius 2 is 1.72 bits per heavy atom. The molecule has 0 aliphatic heterocycles. The van der Waals surface area contributed by atoms with Gasteiger partial charge in [-0.2, -0.15) is 0 Å². The number of ether oxygens (including phenoxy) is 1. The Morgan fingerprint density at radius 3 is 2.25 bits per heavy atom. The molecule has 1 amide bonds. The van der Waals surface area contributed by atoms with E-state index in [9.17, 15) is 14.7 Å². The van der Waals surface area contributed by atoms with Gasteiger partial charge >= 0.3 is 5.97 Å². The molecule has 0 spiro atoms. The number of anilines is 1. The average Bonchev–Trinajstić information content (AvgIpc) is 2.93. The predicted octanol–water partition coefficient (Wildman–Crippen LogP) is 5.40. The van der Waals surface area contributed by atoms with Crippen LogP contribution in [0.3, 0.4) is 0 Å². The van der Waals surface area contributed by atoms with Crippen LogP contribution in [-0.2, 0) is 27.2 Å². The van der Waals surface area contributed by atoms with Crippen LogP contribution in [0.15, 0.2) is 12.1 Å². The van der Waals surface area contributed by atoms with Crippen molar-refractivity contribution in [1.29, 1.82) is 0 Å². The van der Waals surface area contributed by atoms with Crippen LogP contribution in [-0.4, -0.2) is 73.3 Å². The molecule has 1 aromatic rings. The molecule has 36 heavy (non-hydrogen) atoms. The highest BCUT2D eigenvalue weighted by Gasteiger charge is 2.17. The first-order chi connectivity index (χ1) is 17.5. The molecule has 3 N–H and O–H groups in total. The number of rotatable bonds is 18. The zero-order valence-electron chi connectivity index (χ0n) is 24.7. The minimum atomic E-state index is -1.01. The van der Waals surface area contributed by atoms with Crippen molar-refractivity contribution in [2.45, 2.75) is 100.0 Å². The number of aromatic nitrogens is 1. The van der Waals surface area contributed by atoms with E-state index in [0.29, 0.717) is 26.0 Å². The van der Waals surface area contributed by atoms with E-state index in [4.69, 9.17) is 9.72 Å². The predicted molar refractivity (Wildman–Crippen MR) is 153 cm³/mol. The SMILES string of the molecule is CC.CC.CC.CCCOCCN(CCCCc1ccc(CC)c(NC)n1)CCC(NC=O)C(=O)O. The van der Waals surface area contributed by atoms with Crippen molar-refractivity contribution in [1.82, 2.24) is 15.2 Å². The number of pyridine rings is 1. The number of carboxylic acids is 1. The fraction of sp³-hybridized carbons (Fsp3) is 0.750. The molecule has 1 aromatic heterocycles. The summed E-state index contributed by atoms with van der Waals surface area (Å²) in [7, 11) is 1.90. The molecule has 1 unspecified atom stereocenters. The van der Waals surface area contributed by atoms with Crippen molar-refractivity contribution in [2.24, 2.45) is 0 Å². The van der Waals surface area contributed by atoms with Crippen LogP contribution < -0.4 is 10.6 Å². The Kier molecular flexibility index (Phi) is 30.9. The lowest BCUT2D eigenvalue weighted by Crippen LogP contribution is -2.40. The van der Waals surface area contributed by atoms with Crippen molar-refractivity contribution in [2.75, 3.05) is 45.2 Å². The number of hydrogen-bond acceptors (Lipinski definition) is 6. The molecule has 0 aliphatic rings. The normalized spacial score (nSPS) is 10.5. The molecule has 8 nitrogen and oxygen atoms in total. The summed E-state index contributed by atoms with van der Waals surface area (Å²) in [5.74, 6) is -0.0571. The number of amides is 1. The third-order valence-electron chi connectivity index (χ3n) is 5.01. The van der Waals surface area contributed by atoms with Crippen molar-refractivity contribution >= 4 is 18.2 Å². The first kappa shape index (κ1) is 38.3. The molecule has 1 heterocycles. The maximum atomic E-state index is 11.2.